The summed E-state index contributed by atoms with van der Waals surface area (Å²) in [6, 6.07) is 8.69. The Morgan fingerprint density at radius 2 is 1.85 bits per heavy atom. The second-order valence-corrected chi connectivity index (χ2v) is 11.7. The molecule has 2 amide bonds. The first-order valence-corrected chi connectivity index (χ1v) is 13.5. The van der Waals surface area contributed by atoms with Crippen molar-refractivity contribution in [3.63, 3.8) is 0 Å². The maximum atomic E-state index is 12.5. The molecule has 12 heteroatoms. The van der Waals surface area contributed by atoms with Crippen molar-refractivity contribution in [1.29, 1.82) is 0 Å². The van der Waals surface area contributed by atoms with E-state index in [0.29, 0.717) is 46.7 Å². The molecule has 216 valence electrons. The maximum Gasteiger partial charge on any atom is 0.253 e. The third kappa shape index (κ3) is 8.38. The van der Waals surface area contributed by atoms with Crippen molar-refractivity contribution in [2.45, 2.75) is 58.7 Å². The van der Waals surface area contributed by atoms with E-state index >= 15 is 0 Å². The van der Waals surface area contributed by atoms with Gasteiger partial charge in [0.1, 0.15) is 23.3 Å². The van der Waals surface area contributed by atoms with Gasteiger partial charge < -0.3 is 30.4 Å². The molecule has 4 N–H and O–H groups in total. The number of carbonyl (C=O) groups is 2. The molecule has 3 aromatic heterocycles. The minimum absolute atomic E-state index is 0.0181. The highest BCUT2D eigenvalue weighted by molar-refractivity contribution is 6.32. The number of anilines is 2. The number of amides is 2. The van der Waals surface area contributed by atoms with Gasteiger partial charge in [-0.3, -0.25) is 14.6 Å². The average molecular weight is 580 g/mol. The van der Waals surface area contributed by atoms with Crippen LogP contribution in [0.25, 0.3) is 11.0 Å². The highest BCUT2D eigenvalue weighted by Gasteiger charge is 2.18. The standard InChI is InChI=1S/C29H34ClN7O4/c1-28(2,3)36-27(39)18-12-20(16-31-15-18)41-23-7-6-19(13-21(23)30)35-26-25-22(33-17-34-26)8-10-37(25)11-9-32-24(38)14-29(4,5)40/h6-8,10,12-13,15-17,40H,9,11,14H2,1-5H3,(H,32,38)(H,36,39)(H,33,34,35). The molecule has 0 saturated carbocycles. The van der Waals surface area contributed by atoms with Crippen molar-refractivity contribution >= 4 is 46.0 Å². The van der Waals surface area contributed by atoms with Gasteiger partial charge in [0.25, 0.3) is 5.91 Å². The molecule has 0 aliphatic rings. The van der Waals surface area contributed by atoms with Gasteiger partial charge in [-0.15, -0.1) is 0 Å². The maximum absolute atomic E-state index is 12.5. The summed E-state index contributed by atoms with van der Waals surface area (Å²) in [7, 11) is 0. The summed E-state index contributed by atoms with van der Waals surface area (Å²) in [4.78, 5) is 37.4. The number of carbonyl (C=O) groups excluding carboxylic acids is 2. The summed E-state index contributed by atoms with van der Waals surface area (Å²) in [6.45, 7) is 9.75. The van der Waals surface area contributed by atoms with Gasteiger partial charge in [-0.05, 0) is 65.0 Å². The highest BCUT2D eigenvalue weighted by Crippen LogP contribution is 2.33. The number of benzene rings is 1. The van der Waals surface area contributed by atoms with E-state index in [-0.39, 0.29) is 23.8 Å². The largest absolute Gasteiger partial charge is 0.454 e. The van der Waals surface area contributed by atoms with E-state index in [9.17, 15) is 14.7 Å². The van der Waals surface area contributed by atoms with Gasteiger partial charge in [0.15, 0.2) is 5.82 Å². The number of nitrogens with zero attached hydrogens (tertiary/aromatic N) is 4. The van der Waals surface area contributed by atoms with E-state index in [0.717, 1.165) is 11.0 Å². The second kappa shape index (κ2) is 12.1. The van der Waals surface area contributed by atoms with Crippen LogP contribution < -0.4 is 20.7 Å². The van der Waals surface area contributed by atoms with Crippen LogP contribution in [0, 0.1) is 0 Å². The number of hydrogen-bond acceptors (Lipinski definition) is 8. The molecule has 0 bridgehead atoms. The number of aliphatic hydroxyl groups is 1. The lowest BCUT2D eigenvalue weighted by Gasteiger charge is -2.20. The third-order valence-electron chi connectivity index (χ3n) is 5.70. The molecule has 4 aromatic rings. The number of aromatic nitrogens is 4. The Labute approximate surface area is 243 Å². The summed E-state index contributed by atoms with van der Waals surface area (Å²) in [5.74, 6) is 0.855. The smallest absolute Gasteiger partial charge is 0.253 e. The van der Waals surface area contributed by atoms with Gasteiger partial charge in [-0.25, -0.2) is 9.97 Å². The Morgan fingerprint density at radius 1 is 1.07 bits per heavy atom. The van der Waals surface area contributed by atoms with Crippen molar-refractivity contribution in [2.75, 3.05) is 11.9 Å². The monoisotopic (exact) mass is 579 g/mol. The quantitative estimate of drug-likeness (QED) is 0.209. The third-order valence-corrected chi connectivity index (χ3v) is 6.00. The number of rotatable bonds is 10. The van der Waals surface area contributed by atoms with Crippen LogP contribution in [0.15, 0.2) is 55.2 Å². The van der Waals surface area contributed by atoms with Crippen LogP contribution in [0.2, 0.25) is 5.02 Å². The van der Waals surface area contributed by atoms with Crippen LogP contribution in [-0.4, -0.2) is 54.1 Å². The fourth-order valence-corrected chi connectivity index (χ4v) is 4.24. The number of nitrogens with one attached hydrogen (secondary N) is 3. The Kier molecular flexibility index (Phi) is 8.79. The Hall–Kier alpha value is -4.22. The van der Waals surface area contributed by atoms with Gasteiger partial charge in [-0.1, -0.05) is 11.6 Å². The average Bonchev–Trinajstić information content (AvgIpc) is 3.28. The Balaban J connectivity index is 1.46. The van der Waals surface area contributed by atoms with E-state index in [4.69, 9.17) is 16.3 Å². The molecular weight excluding hydrogens is 546 g/mol. The molecule has 11 nitrogen and oxygen atoms in total. The van der Waals surface area contributed by atoms with Crippen LogP contribution in [0.1, 0.15) is 51.4 Å². The van der Waals surface area contributed by atoms with E-state index in [1.165, 1.54) is 18.7 Å². The van der Waals surface area contributed by atoms with Crippen molar-refractivity contribution < 1.29 is 19.4 Å². The zero-order chi connectivity index (χ0) is 29.8. The molecule has 3 heterocycles. The first kappa shape index (κ1) is 29.8. The predicted octanol–water partition coefficient (Wildman–Crippen LogP) is 4.82. The van der Waals surface area contributed by atoms with Gasteiger partial charge in [-0.2, -0.15) is 0 Å². The SMILES string of the molecule is CC(C)(O)CC(=O)NCCn1ccc2ncnc(Nc3ccc(Oc4cncc(C(=O)NC(C)(C)C)c4)c(Cl)c3)c21. The summed E-state index contributed by atoms with van der Waals surface area (Å²) in [5, 5.41) is 19.2. The van der Waals surface area contributed by atoms with Gasteiger partial charge >= 0.3 is 0 Å². The lowest BCUT2D eigenvalue weighted by atomic mass is 10.1. The number of halogens is 1. The highest BCUT2D eigenvalue weighted by atomic mass is 35.5. The summed E-state index contributed by atoms with van der Waals surface area (Å²) in [6.07, 6.45) is 6.35. The zero-order valence-electron chi connectivity index (χ0n) is 23.7. The van der Waals surface area contributed by atoms with Crippen LogP contribution >= 0.6 is 11.6 Å². The minimum Gasteiger partial charge on any atom is -0.454 e. The molecule has 0 fully saturated rings. The van der Waals surface area contributed by atoms with E-state index in [1.807, 2.05) is 37.6 Å². The fourth-order valence-electron chi connectivity index (χ4n) is 4.02. The number of fused-ring (bicyclic) bond motifs is 1. The van der Waals surface area contributed by atoms with Crippen LogP contribution in [0.3, 0.4) is 0 Å². The normalized spacial score (nSPS) is 11.8. The topological polar surface area (TPSA) is 143 Å². The van der Waals surface area contributed by atoms with E-state index in [1.54, 1.807) is 38.1 Å². The van der Waals surface area contributed by atoms with Gasteiger partial charge in [0.2, 0.25) is 5.91 Å². The summed E-state index contributed by atoms with van der Waals surface area (Å²) < 4.78 is 7.87. The lowest BCUT2D eigenvalue weighted by Crippen LogP contribution is -2.40. The zero-order valence-corrected chi connectivity index (χ0v) is 24.4. The molecule has 0 radical (unpaired) electrons. The van der Waals surface area contributed by atoms with Gasteiger partial charge in [0, 0.05) is 36.7 Å². The molecule has 1 aromatic carbocycles. The predicted molar refractivity (Wildman–Crippen MR) is 158 cm³/mol. The second-order valence-electron chi connectivity index (χ2n) is 11.3. The van der Waals surface area contributed by atoms with Crippen molar-refractivity contribution in [1.82, 2.24) is 30.2 Å². The summed E-state index contributed by atoms with van der Waals surface area (Å²) in [5.41, 5.74) is 1.09. The molecule has 0 spiro atoms. The molecule has 41 heavy (non-hydrogen) atoms. The van der Waals surface area contributed by atoms with E-state index in [2.05, 4.69) is 30.9 Å². The first-order chi connectivity index (χ1) is 19.3. The van der Waals surface area contributed by atoms with Crippen molar-refractivity contribution in [3.8, 4) is 11.5 Å². The molecule has 4 rings (SSSR count). The molecular formula is C29H34ClN7O4. The number of hydrogen-bond donors (Lipinski definition) is 4. The number of pyridine rings is 1. The summed E-state index contributed by atoms with van der Waals surface area (Å²) >= 11 is 6.55. The molecule has 0 aliphatic carbocycles. The fraction of sp³-hybridized carbons (Fsp3) is 0.345. The minimum atomic E-state index is -1.07. The van der Waals surface area contributed by atoms with Crippen molar-refractivity contribution in [2.24, 2.45) is 0 Å². The van der Waals surface area contributed by atoms with Crippen molar-refractivity contribution in [3.05, 3.63) is 65.8 Å². The Morgan fingerprint density at radius 3 is 2.56 bits per heavy atom. The lowest BCUT2D eigenvalue weighted by molar-refractivity contribution is -0.124. The molecule has 0 aliphatic heterocycles. The molecule has 0 atom stereocenters. The van der Waals surface area contributed by atoms with Crippen LogP contribution in [-0.2, 0) is 11.3 Å². The first-order valence-electron chi connectivity index (χ1n) is 13.1. The number of ether oxygens (including phenoxy) is 1. The van der Waals surface area contributed by atoms with Crippen LogP contribution in [0.4, 0.5) is 11.5 Å². The molecule has 0 saturated heterocycles. The van der Waals surface area contributed by atoms with Crippen LogP contribution in [0.5, 0.6) is 11.5 Å². The van der Waals surface area contributed by atoms with Gasteiger partial charge in [0.05, 0.1) is 34.3 Å². The van der Waals surface area contributed by atoms with E-state index < -0.39 is 5.60 Å². The molecule has 0 unspecified atom stereocenters. The Bertz CT molecular complexity index is 1560.